The van der Waals surface area contributed by atoms with Crippen molar-refractivity contribution < 1.29 is 9.84 Å². The normalized spacial score (nSPS) is 12.5. The maximum Gasteiger partial charge on any atom is 0.268 e. The van der Waals surface area contributed by atoms with Gasteiger partial charge in [0.1, 0.15) is 22.9 Å². The van der Waals surface area contributed by atoms with Crippen molar-refractivity contribution in [2.45, 2.75) is 19.6 Å². The molecule has 108 valence electrons. The van der Waals surface area contributed by atoms with Crippen LogP contribution >= 0.6 is 11.3 Å². The van der Waals surface area contributed by atoms with Gasteiger partial charge in [0, 0.05) is 0 Å². The Hall–Kier alpha value is -2.18. The Morgan fingerprint density at radius 2 is 2.10 bits per heavy atom. The molecule has 2 heterocycles. The number of nitrogens with zero attached hydrogens (tertiary/aromatic N) is 1. The van der Waals surface area contributed by atoms with Crippen molar-refractivity contribution in [2.75, 3.05) is 0 Å². The van der Waals surface area contributed by atoms with Gasteiger partial charge in [-0.2, -0.15) is 0 Å². The van der Waals surface area contributed by atoms with Crippen LogP contribution in [0.1, 0.15) is 24.4 Å². The highest BCUT2D eigenvalue weighted by molar-refractivity contribution is 7.17. The molecule has 0 amide bonds. The molecule has 2 aromatic heterocycles. The first kappa shape index (κ1) is 13.8. The van der Waals surface area contributed by atoms with Crippen LogP contribution in [0.2, 0.25) is 0 Å². The molecule has 0 unspecified atom stereocenters. The number of fused-ring (bicyclic) bond motifs is 1. The van der Waals surface area contributed by atoms with Crippen LogP contribution in [-0.4, -0.2) is 15.1 Å². The van der Waals surface area contributed by atoms with Crippen LogP contribution in [0.15, 0.2) is 40.5 Å². The fourth-order valence-electron chi connectivity index (χ4n) is 1.98. The van der Waals surface area contributed by atoms with Gasteiger partial charge in [0.05, 0.1) is 11.6 Å². The summed E-state index contributed by atoms with van der Waals surface area (Å²) in [5.41, 5.74) is 1.37. The lowest BCUT2D eigenvalue weighted by molar-refractivity contribution is 0.199. The number of H-pyrrole nitrogens is 1. The molecule has 0 fully saturated rings. The summed E-state index contributed by atoms with van der Waals surface area (Å²) >= 11 is 1.37. The highest BCUT2D eigenvalue weighted by Crippen LogP contribution is 2.18. The standard InChI is InChI=1S/C15H14N2O3S/c1-9(18)10-2-4-11(5-3-10)20-8-13-16-12-6-7-21-14(12)15(19)17-13/h2-7,9,18H,8H2,1H3,(H,16,17,19)/t9-/m0/s1. The van der Waals surface area contributed by atoms with Gasteiger partial charge in [0.15, 0.2) is 0 Å². The topological polar surface area (TPSA) is 75.2 Å². The summed E-state index contributed by atoms with van der Waals surface area (Å²) in [4.78, 5) is 18.9. The molecule has 2 N–H and O–H groups in total. The minimum Gasteiger partial charge on any atom is -0.486 e. The van der Waals surface area contributed by atoms with E-state index in [0.717, 1.165) is 5.56 Å². The molecule has 5 nitrogen and oxygen atoms in total. The zero-order valence-electron chi connectivity index (χ0n) is 11.4. The molecule has 3 aromatic rings. The largest absolute Gasteiger partial charge is 0.486 e. The number of aliphatic hydroxyl groups is 1. The second-order valence-electron chi connectivity index (χ2n) is 4.68. The van der Waals surface area contributed by atoms with Gasteiger partial charge in [-0.3, -0.25) is 4.79 Å². The summed E-state index contributed by atoms with van der Waals surface area (Å²) in [6, 6.07) is 8.99. The van der Waals surface area contributed by atoms with Crippen LogP contribution in [-0.2, 0) is 6.61 Å². The lowest BCUT2D eigenvalue weighted by Crippen LogP contribution is -2.12. The predicted octanol–water partition coefficient (Wildman–Crippen LogP) is 2.62. The molecular weight excluding hydrogens is 288 g/mol. The molecule has 6 heteroatoms. The number of aliphatic hydroxyl groups excluding tert-OH is 1. The summed E-state index contributed by atoms with van der Waals surface area (Å²) in [6.45, 7) is 1.90. The lowest BCUT2D eigenvalue weighted by atomic mass is 10.1. The maximum atomic E-state index is 11.8. The van der Waals surface area contributed by atoms with Gasteiger partial charge in [-0.05, 0) is 36.1 Å². The van der Waals surface area contributed by atoms with Crippen LogP contribution in [0.25, 0.3) is 10.2 Å². The first-order valence-electron chi connectivity index (χ1n) is 6.51. The fraction of sp³-hybridized carbons (Fsp3) is 0.200. The number of aromatic amines is 1. The highest BCUT2D eigenvalue weighted by Gasteiger charge is 2.06. The Labute approximate surface area is 124 Å². The fourth-order valence-corrected chi connectivity index (χ4v) is 2.71. The van der Waals surface area contributed by atoms with E-state index >= 15 is 0 Å². The molecular formula is C15H14N2O3S. The third-order valence-electron chi connectivity index (χ3n) is 3.10. The van der Waals surface area contributed by atoms with Crippen molar-refractivity contribution in [3.05, 3.63) is 57.5 Å². The van der Waals surface area contributed by atoms with E-state index in [-0.39, 0.29) is 12.2 Å². The van der Waals surface area contributed by atoms with E-state index < -0.39 is 6.10 Å². The van der Waals surface area contributed by atoms with Crippen LogP contribution in [0, 0.1) is 0 Å². The average Bonchev–Trinajstić information content (AvgIpc) is 2.94. The van der Waals surface area contributed by atoms with Crippen LogP contribution in [0.5, 0.6) is 5.75 Å². The first-order chi connectivity index (χ1) is 10.1. The van der Waals surface area contributed by atoms with E-state index in [0.29, 0.717) is 21.8 Å². The Kier molecular flexibility index (Phi) is 3.72. The third kappa shape index (κ3) is 2.96. The molecule has 0 aliphatic rings. The zero-order valence-corrected chi connectivity index (χ0v) is 12.2. The summed E-state index contributed by atoms with van der Waals surface area (Å²) in [5.74, 6) is 1.15. The van der Waals surface area contributed by atoms with Crippen molar-refractivity contribution in [2.24, 2.45) is 0 Å². The second kappa shape index (κ2) is 5.67. The Bertz CT molecular complexity index is 806. The van der Waals surface area contributed by atoms with Gasteiger partial charge < -0.3 is 14.8 Å². The molecule has 0 radical (unpaired) electrons. The molecule has 0 spiro atoms. The van der Waals surface area contributed by atoms with E-state index in [2.05, 4.69) is 9.97 Å². The van der Waals surface area contributed by atoms with E-state index in [1.807, 2.05) is 11.4 Å². The van der Waals surface area contributed by atoms with Crippen LogP contribution in [0.4, 0.5) is 0 Å². The molecule has 21 heavy (non-hydrogen) atoms. The molecule has 0 aliphatic carbocycles. The lowest BCUT2D eigenvalue weighted by Gasteiger charge is -2.08. The summed E-state index contributed by atoms with van der Waals surface area (Å²) in [5, 5.41) is 11.3. The van der Waals surface area contributed by atoms with Crippen molar-refractivity contribution in [1.29, 1.82) is 0 Å². The highest BCUT2D eigenvalue weighted by atomic mass is 32.1. The second-order valence-corrected chi connectivity index (χ2v) is 5.60. The zero-order chi connectivity index (χ0) is 14.8. The van der Waals surface area contributed by atoms with Gasteiger partial charge in [-0.15, -0.1) is 11.3 Å². The molecule has 0 saturated heterocycles. The number of hydrogen-bond donors (Lipinski definition) is 2. The first-order valence-corrected chi connectivity index (χ1v) is 7.38. The van der Waals surface area contributed by atoms with E-state index in [9.17, 15) is 9.90 Å². The minimum atomic E-state index is -0.502. The quantitative estimate of drug-likeness (QED) is 0.777. The number of benzene rings is 1. The van der Waals surface area contributed by atoms with Crippen molar-refractivity contribution in [1.82, 2.24) is 9.97 Å². The van der Waals surface area contributed by atoms with Crippen molar-refractivity contribution in [3.8, 4) is 5.75 Å². The number of nitrogens with one attached hydrogen (secondary N) is 1. The van der Waals surface area contributed by atoms with Crippen molar-refractivity contribution in [3.63, 3.8) is 0 Å². The number of ether oxygens (including phenoxy) is 1. The smallest absolute Gasteiger partial charge is 0.268 e. The van der Waals surface area contributed by atoms with Gasteiger partial charge in [0.25, 0.3) is 5.56 Å². The van der Waals surface area contributed by atoms with Gasteiger partial charge in [-0.1, -0.05) is 12.1 Å². The van der Waals surface area contributed by atoms with Crippen LogP contribution < -0.4 is 10.3 Å². The summed E-state index contributed by atoms with van der Waals surface area (Å²) < 4.78 is 6.22. The Morgan fingerprint density at radius 3 is 2.81 bits per heavy atom. The molecule has 0 saturated carbocycles. The maximum absolute atomic E-state index is 11.8. The molecule has 3 rings (SSSR count). The summed E-state index contributed by atoms with van der Waals surface area (Å²) in [6.07, 6.45) is -0.502. The number of hydrogen-bond acceptors (Lipinski definition) is 5. The number of thiophene rings is 1. The number of rotatable bonds is 4. The molecule has 1 aromatic carbocycles. The molecule has 0 bridgehead atoms. The average molecular weight is 302 g/mol. The van der Waals surface area contributed by atoms with Crippen molar-refractivity contribution >= 4 is 21.6 Å². The SMILES string of the molecule is C[C@H](O)c1ccc(OCc2nc3ccsc3c(=O)[nH]2)cc1. The minimum absolute atomic E-state index is 0.141. The Balaban J connectivity index is 1.75. The molecule has 1 atom stereocenters. The third-order valence-corrected chi connectivity index (χ3v) is 4.00. The van der Waals surface area contributed by atoms with E-state index in [1.54, 1.807) is 31.2 Å². The monoisotopic (exact) mass is 302 g/mol. The van der Waals surface area contributed by atoms with E-state index in [4.69, 9.17) is 4.74 Å². The van der Waals surface area contributed by atoms with Gasteiger partial charge in [0.2, 0.25) is 0 Å². The van der Waals surface area contributed by atoms with Gasteiger partial charge in [-0.25, -0.2) is 4.98 Å². The number of aromatic nitrogens is 2. The van der Waals surface area contributed by atoms with Gasteiger partial charge >= 0.3 is 0 Å². The van der Waals surface area contributed by atoms with E-state index in [1.165, 1.54) is 11.3 Å². The Morgan fingerprint density at radius 1 is 1.33 bits per heavy atom. The van der Waals surface area contributed by atoms with Crippen LogP contribution in [0.3, 0.4) is 0 Å². The predicted molar refractivity (Wildman–Crippen MR) is 81.6 cm³/mol. The summed E-state index contributed by atoms with van der Waals surface area (Å²) in [7, 11) is 0. The molecule has 0 aliphatic heterocycles.